The molecule has 13 nitrogen and oxygen atoms in total. The first-order chi connectivity index (χ1) is 18.6. The van der Waals surface area contributed by atoms with E-state index < -0.39 is 63.1 Å². The fraction of sp³-hybridized carbons (Fsp3) is 0.400. The van der Waals surface area contributed by atoms with Crippen LogP contribution in [0.2, 0.25) is 5.02 Å². The summed E-state index contributed by atoms with van der Waals surface area (Å²) in [5, 5.41) is 28.7. The van der Waals surface area contributed by atoms with Gasteiger partial charge < -0.3 is 35.3 Å². The Labute approximate surface area is 234 Å². The lowest BCUT2D eigenvalue weighted by atomic mass is 9.99. The smallest absolute Gasteiger partial charge is 0.408 e. The molecule has 2 aromatic rings. The van der Waals surface area contributed by atoms with Gasteiger partial charge in [-0.15, -0.1) is 0 Å². The number of ether oxygens (including phenoxy) is 3. The molecule has 0 aromatic heterocycles. The first kappa shape index (κ1) is 32.0. The lowest BCUT2D eigenvalue weighted by Crippen LogP contribution is -2.53. The third-order valence-electron chi connectivity index (χ3n) is 5.34. The summed E-state index contributed by atoms with van der Waals surface area (Å²) in [6.07, 6.45) is -3.14. The lowest BCUT2D eigenvalue weighted by molar-refractivity contribution is -0.387. The van der Waals surface area contributed by atoms with Crippen LogP contribution < -0.4 is 25.4 Å². The molecule has 15 heteroatoms. The number of carbonyl (C=O) groups excluding carboxylic acids is 3. The molecule has 3 amide bonds. The summed E-state index contributed by atoms with van der Waals surface area (Å²) in [6, 6.07) is 2.71. The second-order valence-electron chi connectivity index (χ2n) is 9.36. The van der Waals surface area contributed by atoms with Crippen LogP contribution in [-0.4, -0.2) is 60.8 Å². The van der Waals surface area contributed by atoms with E-state index in [1.807, 2.05) is 0 Å². The van der Waals surface area contributed by atoms with E-state index in [1.165, 1.54) is 39.5 Å². The zero-order valence-corrected chi connectivity index (χ0v) is 23.3. The van der Waals surface area contributed by atoms with Crippen molar-refractivity contribution in [3.8, 4) is 11.5 Å². The number of aliphatic hydroxyl groups excluding tert-OH is 1. The van der Waals surface area contributed by atoms with Gasteiger partial charge in [0.15, 0.2) is 0 Å². The number of halogens is 2. The zero-order valence-electron chi connectivity index (χ0n) is 22.5. The highest BCUT2D eigenvalue weighted by atomic mass is 35.5. The highest BCUT2D eigenvalue weighted by Gasteiger charge is 2.36. The standard InChI is InChI=1S/C25H30ClFN4O9/c1-25(2,3)40-24(35)30-20(21(32)13-9-16(26)18(27)17(10-13)31(36)37)23(34)29-19(22(33)28-4)12-7-14(38-5)11-15(8-12)39-6/h7-11,19-21,32H,1-6H3,(H,28,33)(H,29,34)(H,30,35)/t19-,20-,21+/m0/s1. The average molecular weight is 585 g/mol. The molecule has 0 unspecified atom stereocenters. The molecular formula is C25H30ClFN4O9. The highest BCUT2D eigenvalue weighted by Crippen LogP contribution is 2.31. The van der Waals surface area contributed by atoms with Gasteiger partial charge in [-0.2, -0.15) is 4.39 Å². The number of carbonyl (C=O) groups is 3. The predicted molar refractivity (Wildman–Crippen MR) is 141 cm³/mol. The lowest BCUT2D eigenvalue weighted by Gasteiger charge is -2.28. The van der Waals surface area contributed by atoms with Crippen molar-refractivity contribution in [1.29, 1.82) is 0 Å². The van der Waals surface area contributed by atoms with Gasteiger partial charge in [0.05, 0.1) is 24.2 Å². The number of nitrogens with one attached hydrogen (secondary N) is 3. The van der Waals surface area contributed by atoms with Crippen LogP contribution in [0.3, 0.4) is 0 Å². The molecule has 3 atom stereocenters. The van der Waals surface area contributed by atoms with E-state index in [9.17, 15) is 34.0 Å². The number of rotatable bonds is 10. The molecule has 0 fully saturated rings. The molecule has 0 heterocycles. The van der Waals surface area contributed by atoms with Gasteiger partial charge in [0.25, 0.3) is 0 Å². The Morgan fingerprint density at radius 2 is 1.57 bits per heavy atom. The number of nitro groups is 1. The van der Waals surface area contributed by atoms with Gasteiger partial charge in [-0.25, -0.2) is 4.79 Å². The van der Waals surface area contributed by atoms with Crippen LogP contribution in [0.25, 0.3) is 0 Å². The predicted octanol–water partition coefficient (Wildman–Crippen LogP) is 2.93. The normalized spacial score (nSPS) is 13.3. The maximum atomic E-state index is 14.2. The zero-order chi connectivity index (χ0) is 30.4. The number of benzene rings is 2. The van der Waals surface area contributed by atoms with Gasteiger partial charge in [-0.05, 0) is 50.1 Å². The fourth-order valence-electron chi connectivity index (χ4n) is 3.49. The minimum absolute atomic E-state index is 0.217. The van der Waals surface area contributed by atoms with Crippen LogP contribution in [0.4, 0.5) is 14.9 Å². The average Bonchev–Trinajstić information content (AvgIpc) is 2.89. The Balaban J connectivity index is 2.57. The van der Waals surface area contributed by atoms with Crippen molar-refractivity contribution < 1.29 is 43.0 Å². The minimum atomic E-state index is -2.01. The molecule has 0 saturated heterocycles. The molecule has 2 aromatic carbocycles. The molecule has 0 radical (unpaired) electrons. The number of nitro benzene ring substituents is 1. The summed E-state index contributed by atoms with van der Waals surface area (Å²) in [7, 11) is 4.09. The van der Waals surface area contributed by atoms with Crippen LogP contribution >= 0.6 is 11.6 Å². The van der Waals surface area contributed by atoms with Gasteiger partial charge in [-0.1, -0.05) is 11.6 Å². The maximum absolute atomic E-state index is 14.2. The molecule has 0 saturated carbocycles. The molecule has 0 aliphatic heterocycles. The number of nitrogens with zero attached hydrogens (tertiary/aromatic N) is 1. The van der Waals surface area contributed by atoms with E-state index in [0.29, 0.717) is 17.6 Å². The molecule has 2 rings (SSSR count). The van der Waals surface area contributed by atoms with Crippen molar-refractivity contribution in [3.05, 3.63) is 62.4 Å². The molecule has 40 heavy (non-hydrogen) atoms. The summed E-state index contributed by atoms with van der Waals surface area (Å²) < 4.78 is 29.8. The van der Waals surface area contributed by atoms with E-state index in [4.69, 9.17) is 25.8 Å². The van der Waals surface area contributed by atoms with Crippen LogP contribution in [0.1, 0.15) is 44.0 Å². The number of alkyl carbamates (subject to hydrolysis) is 1. The number of amides is 3. The second-order valence-corrected chi connectivity index (χ2v) is 9.77. The summed E-state index contributed by atoms with van der Waals surface area (Å²) in [4.78, 5) is 49.1. The van der Waals surface area contributed by atoms with Crippen molar-refractivity contribution in [2.75, 3.05) is 21.3 Å². The topological polar surface area (TPSA) is 178 Å². The maximum Gasteiger partial charge on any atom is 0.408 e. The van der Waals surface area contributed by atoms with Gasteiger partial charge >= 0.3 is 11.8 Å². The van der Waals surface area contributed by atoms with Crippen molar-refractivity contribution in [2.45, 2.75) is 44.6 Å². The SMILES string of the molecule is CNC(=O)[C@@H](NC(=O)[C@@H](NC(=O)OC(C)(C)C)[C@H](O)c1cc(Cl)c(F)c([N+](=O)[O-])c1)c1cc(OC)cc(OC)c1. The Morgan fingerprint density at radius 1 is 1.00 bits per heavy atom. The van der Waals surface area contributed by atoms with E-state index in [1.54, 1.807) is 20.8 Å². The molecule has 0 bridgehead atoms. The molecular weight excluding hydrogens is 555 g/mol. The Bertz CT molecular complexity index is 1260. The number of likely N-dealkylation sites (N-methyl/N-ethyl adjacent to an activating group) is 1. The van der Waals surface area contributed by atoms with Crippen molar-refractivity contribution in [2.24, 2.45) is 0 Å². The first-order valence-corrected chi connectivity index (χ1v) is 12.1. The summed E-state index contributed by atoms with van der Waals surface area (Å²) in [6.45, 7) is 4.66. The quantitative estimate of drug-likeness (QED) is 0.241. The molecule has 218 valence electrons. The minimum Gasteiger partial charge on any atom is -0.497 e. The van der Waals surface area contributed by atoms with E-state index in [0.717, 1.165) is 6.07 Å². The monoisotopic (exact) mass is 584 g/mol. The molecule has 4 N–H and O–H groups in total. The largest absolute Gasteiger partial charge is 0.497 e. The van der Waals surface area contributed by atoms with Crippen LogP contribution in [0, 0.1) is 15.9 Å². The van der Waals surface area contributed by atoms with E-state index in [-0.39, 0.29) is 11.1 Å². The van der Waals surface area contributed by atoms with Gasteiger partial charge in [0.2, 0.25) is 17.6 Å². The van der Waals surface area contributed by atoms with Gasteiger partial charge in [0.1, 0.15) is 35.3 Å². The number of aliphatic hydroxyl groups is 1. The fourth-order valence-corrected chi connectivity index (χ4v) is 3.71. The highest BCUT2D eigenvalue weighted by molar-refractivity contribution is 6.31. The second kappa shape index (κ2) is 13.3. The van der Waals surface area contributed by atoms with E-state index in [2.05, 4.69) is 16.0 Å². The molecule has 0 aliphatic carbocycles. The first-order valence-electron chi connectivity index (χ1n) is 11.7. The van der Waals surface area contributed by atoms with Gasteiger partial charge in [-0.3, -0.25) is 19.7 Å². The Morgan fingerprint density at radius 3 is 2.05 bits per heavy atom. The van der Waals surface area contributed by atoms with Crippen molar-refractivity contribution >= 4 is 35.2 Å². The van der Waals surface area contributed by atoms with Gasteiger partial charge in [0, 0.05) is 19.2 Å². The molecule has 0 spiro atoms. The summed E-state index contributed by atoms with van der Waals surface area (Å²) >= 11 is 5.79. The summed E-state index contributed by atoms with van der Waals surface area (Å²) in [5.74, 6) is -2.54. The van der Waals surface area contributed by atoms with Crippen molar-refractivity contribution in [1.82, 2.24) is 16.0 Å². The van der Waals surface area contributed by atoms with Crippen LogP contribution in [0.5, 0.6) is 11.5 Å². The summed E-state index contributed by atoms with van der Waals surface area (Å²) in [5.41, 5.74) is -2.22. The van der Waals surface area contributed by atoms with Crippen molar-refractivity contribution in [3.63, 3.8) is 0 Å². The third kappa shape index (κ3) is 8.16. The third-order valence-corrected chi connectivity index (χ3v) is 5.62. The molecule has 0 aliphatic rings. The van der Waals surface area contributed by atoms with Crippen LogP contribution in [-0.2, 0) is 14.3 Å². The number of hydrogen-bond donors (Lipinski definition) is 4. The Kier molecular flexibility index (Phi) is 10.6. The number of methoxy groups -OCH3 is 2. The Hall–Kier alpha value is -4.17. The van der Waals surface area contributed by atoms with Crippen LogP contribution in [0.15, 0.2) is 30.3 Å². The number of hydrogen-bond acceptors (Lipinski definition) is 9. The van der Waals surface area contributed by atoms with E-state index >= 15 is 0 Å².